The summed E-state index contributed by atoms with van der Waals surface area (Å²) in [7, 11) is 2.04. The second kappa shape index (κ2) is 6.67. The van der Waals surface area contributed by atoms with Crippen LogP contribution in [0.5, 0.6) is 0 Å². The largest absolute Gasteiger partial charge is 0.385 e. The molecule has 0 saturated carbocycles. The second-order valence-electron chi connectivity index (χ2n) is 5.85. The molecule has 2 heterocycles. The van der Waals surface area contributed by atoms with Gasteiger partial charge in [-0.25, -0.2) is 0 Å². The van der Waals surface area contributed by atoms with Crippen molar-refractivity contribution in [2.75, 3.05) is 46.4 Å². The molecule has 1 saturated heterocycles. The first-order valence-corrected chi connectivity index (χ1v) is 7.20. The molecule has 1 aromatic rings. The number of hydrogen-bond donors (Lipinski definition) is 3. The smallest absolute Gasteiger partial charge is 0.113 e. The summed E-state index contributed by atoms with van der Waals surface area (Å²) in [4.78, 5) is 2.15. The lowest BCUT2D eigenvalue weighted by molar-refractivity contribution is -0.0448. The first-order valence-electron chi connectivity index (χ1n) is 7.20. The van der Waals surface area contributed by atoms with Crippen LogP contribution >= 0.6 is 0 Å². The predicted molar refractivity (Wildman–Crippen MR) is 77.9 cm³/mol. The molecule has 1 atom stereocenters. The van der Waals surface area contributed by atoms with Gasteiger partial charge in [0.1, 0.15) is 5.60 Å². The van der Waals surface area contributed by atoms with E-state index in [0.29, 0.717) is 26.3 Å². The molecule has 1 aliphatic heterocycles. The lowest BCUT2D eigenvalue weighted by Crippen LogP contribution is -2.50. The number of β-amino-alcohol motifs (C(OH)–C–C–N with tert-alkyl or cyclic N) is 1. The summed E-state index contributed by atoms with van der Waals surface area (Å²) in [5.41, 5.74) is 2.67. The highest BCUT2D eigenvalue weighted by Gasteiger charge is 2.30. The van der Waals surface area contributed by atoms with Gasteiger partial charge in [0.25, 0.3) is 0 Å². The van der Waals surface area contributed by atoms with Gasteiger partial charge in [-0.1, -0.05) is 0 Å². The monoisotopic (exact) mass is 282 g/mol. The Bertz CT molecular complexity index is 405. The molecule has 3 N–H and O–H groups in total. The number of rotatable bonds is 5. The highest BCUT2D eigenvalue weighted by atomic mass is 16.5. The molecule has 20 heavy (non-hydrogen) atoms. The predicted octanol–water partition coefficient (Wildman–Crippen LogP) is -0.148. The lowest BCUT2D eigenvalue weighted by Gasteiger charge is -2.30. The Kier molecular flexibility index (Phi) is 5.15. The number of H-pyrrole nitrogens is 1. The molecule has 0 aromatic carbocycles. The minimum absolute atomic E-state index is 0.397. The summed E-state index contributed by atoms with van der Waals surface area (Å²) in [6.07, 6.45) is 0.940. The van der Waals surface area contributed by atoms with Gasteiger partial charge in [-0.2, -0.15) is 5.10 Å². The average molecular weight is 282 g/mol. The van der Waals surface area contributed by atoms with E-state index >= 15 is 0 Å². The Hall–Kier alpha value is -0.950. The van der Waals surface area contributed by atoms with E-state index in [1.807, 2.05) is 20.9 Å². The third kappa shape index (κ3) is 4.02. The van der Waals surface area contributed by atoms with Crippen molar-refractivity contribution in [1.82, 2.24) is 20.4 Å². The van der Waals surface area contributed by atoms with Crippen molar-refractivity contribution in [2.24, 2.45) is 0 Å². The van der Waals surface area contributed by atoms with Gasteiger partial charge < -0.3 is 20.1 Å². The number of nitrogens with zero attached hydrogens (tertiary/aromatic N) is 2. The highest BCUT2D eigenvalue weighted by molar-refractivity contribution is 5.23. The summed E-state index contributed by atoms with van der Waals surface area (Å²) in [5, 5.41) is 21.0. The first-order chi connectivity index (χ1) is 9.50. The molecule has 1 fully saturated rings. The average Bonchev–Trinajstić information content (AvgIpc) is 2.59. The van der Waals surface area contributed by atoms with E-state index in [0.717, 1.165) is 30.9 Å². The number of ether oxygens (including phenoxy) is 1. The molecule has 0 radical (unpaired) electrons. The Labute approximate surface area is 120 Å². The standard InChI is InChI=1S/C14H26N4O2/c1-11-13(12(2)17-16-11)4-6-18(3)9-14(19)8-15-5-7-20-10-14/h15,19H,4-10H2,1-3H3,(H,16,17)/t14-/m0/s1. The van der Waals surface area contributed by atoms with Crippen LogP contribution in [0.4, 0.5) is 0 Å². The van der Waals surface area contributed by atoms with Gasteiger partial charge in [0, 0.05) is 31.9 Å². The number of aliphatic hydroxyl groups is 1. The van der Waals surface area contributed by atoms with E-state index < -0.39 is 5.60 Å². The Morgan fingerprint density at radius 1 is 1.45 bits per heavy atom. The Morgan fingerprint density at radius 3 is 2.95 bits per heavy atom. The summed E-state index contributed by atoms with van der Waals surface area (Å²) >= 11 is 0. The third-order valence-electron chi connectivity index (χ3n) is 3.84. The van der Waals surface area contributed by atoms with E-state index in [9.17, 15) is 5.11 Å². The zero-order valence-electron chi connectivity index (χ0n) is 12.7. The highest BCUT2D eigenvalue weighted by Crippen LogP contribution is 2.12. The van der Waals surface area contributed by atoms with Crippen molar-refractivity contribution in [3.63, 3.8) is 0 Å². The maximum Gasteiger partial charge on any atom is 0.113 e. The van der Waals surface area contributed by atoms with Gasteiger partial charge in [0.15, 0.2) is 0 Å². The molecule has 2 rings (SSSR count). The normalized spacial score (nSPS) is 24.1. The molecule has 6 nitrogen and oxygen atoms in total. The van der Waals surface area contributed by atoms with Crippen LogP contribution in [0.3, 0.4) is 0 Å². The summed E-state index contributed by atoms with van der Waals surface area (Å²) in [6.45, 7) is 8.02. The van der Waals surface area contributed by atoms with Gasteiger partial charge in [-0.3, -0.25) is 5.10 Å². The molecule has 0 aliphatic carbocycles. The Balaban J connectivity index is 1.84. The third-order valence-corrected chi connectivity index (χ3v) is 3.84. The van der Waals surface area contributed by atoms with Crippen LogP contribution in [-0.4, -0.2) is 72.2 Å². The minimum Gasteiger partial charge on any atom is -0.385 e. The maximum atomic E-state index is 10.5. The van der Waals surface area contributed by atoms with Gasteiger partial charge in [-0.15, -0.1) is 0 Å². The molecule has 1 aliphatic rings. The molecule has 114 valence electrons. The van der Waals surface area contributed by atoms with Gasteiger partial charge >= 0.3 is 0 Å². The number of nitrogens with one attached hydrogen (secondary N) is 2. The molecule has 0 bridgehead atoms. The van der Waals surface area contributed by atoms with Gasteiger partial charge in [0.05, 0.1) is 18.9 Å². The molecule has 6 heteroatoms. The van der Waals surface area contributed by atoms with Crippen LogP contribution in [0.1, 0.15) is 17.0 Å². The zero-order chi connectivity index (χ0) is 14.6. The van der Waals surface area contributed by atoms with Crippen LogP contribution in [-0.2, 0) is 11.2 Å². The van der Waals surface area contributed by atoms with Crippen LogP contribution in [0.15, 0.2) is 0 Å². The van der Waals surface area contributed by atoms with Crippen molar-refractivity contribution in [3.05, 3.63) is 17.0 Å². The summed E-state index contributed by atoms with van der Waals surface area (Å²) in [6, 6.07) is 0. The van der Waals surface area contributed by atoms with Crippen molar-refractivity contribution >= 4 is 0 Å². The van der Waals surface area contributed by atoms with E-state index in [-0.39, 0.29) is 0 Å². The van der Waals surface area contributed by atoms with Gasteiger partial charge in [0.2, 0.25) is 0 Å². The Morgan fingerprint density at radius 2 is 2.25 bits per heavy atom. The van der Waals surface area contributed by atoms with Crippen molar-refractivity contribution in [1.29, 1.82) is 0 Å². The summed E-state index contributed by atoms with van der Waals surface area (Å²) in [5.74, 6) is 0. The fraction of sp³-hybridized carbons (Fsp3) is 0.786. The number of aromatic amines is 1. The summed E-state index contributed by atoms with van der Waals surface area (Å²) < 4.78 is 5.45. The number of aromatic nitrogens is 2. The van der Waals surface area contributed by atoms with Crippen molar-refractivity contribution in [3.8, 4) is 0 Å². The molecule has 0 amide bonds. The molecule has 1 aromatic heterocycles. The van der Waals surface area contributed by atoms with E-state index in [1.54, 1.807) is 0 Å². The van der Waals surface area contributed by atoms with Crippen LogP contribution in [0.2, 0.25) is 0 Å². The SMILES string of the molecule is Cc1n[nH]c(C)c1CCN(C)C[C@@]1(O)CNCCOC1. The number of hydrogen-bond acceptors (Lipinski definition) is 5. The molecule has 0 unspecified atom stereocenters. The van der Waals surface area contributed by atoms with E-state index in [1.165, 1.54) is 5.56 Å². The lowest BCUT2D eigenvalue weighted by atomic mass is 10.0. The molecular weight excluding hydrogens is 256 g/mol. The zero-order valence-corrected chi connectivity index (χ0v) is 12.7. The fourth-order valence-corrected chi connectivity index (χ4v) is 2.71. The maximum absolute atomic E-state index is 10.5. The minimum atomic E-state index is -0.800. The first kappa shape index (κ1) is 15.4. The molecule has 0 spiro atoms. The fourth-order valence-electron chi connectivity index (χ4n) is 2.71. The van der Waals surface area contributed by atoms with E-state index in [4.69, 9.17) is 4.74 Å². The van der Waals surface area contributed by atoms with E-state index in [2.05, 4.69) is 20.4 Å². The van der Waals surface area contributed by atoms with Gasteiger partial charge in [-0.05, 0) is 32.9 Å². The van der Waals surface area contributed by atoms with Crippen molar-refractivity contribution in [2.45, 2.75) is 25.9 Å². The number of likely N-dealkylation sites (N-methyl/N-ethyl adjacent to an activating group) is 1. The topological polar surface area (TPSA) is 73.4 Å². The molecular formula is C14H26N4O2. The van der Waals surface area contributed by atoms with Crippen molar-refractivity contribution < 1.29 is 9.84 Å². The van der Waals surface area contributed by atoms with Crippen LogP contribution < -0.4 is 5.32 Å². The number of aryl methyl sites for hydroxylation is 2. The van der Waals surface area contributed by atoms with Crippen LogP contribution in [0, 0.1) is 13.8 Å². The second-order valence-corrected chi connectivity index (χ2v) is 5.85. The van der Waals surface area contributed by atoms with Crippen LogP contribution in [0.25, 0.3) is 0 Å². The quantitative estimate of drug-likeness (QED) is 0.700.